The molecule has 102 valence electrons. The summed E-state index contributed by atoms with van der Waals surface area (Å²) in [5.74, 6) is 1.04. The molecule has 0 fully saturated rings. The lowest BCUT2D eigenvalue weighted by Crippen LogP contribution is -3.00. The van der Waals surface area contributed by atoms with Crippen LogP contribution in [0.5, 0.6) is 0 Å². The minimum absolute atomic E-state index is 0. The van der Waals surface area contributed by atoms with E-state index in [-0.39, 0.29) is 34.6 Å². The molecule has 2 aliphatic heterocycles. The highest BCUT2D eigenvalue weighted by molar-refractivity contribution is 8.38. The number of benzene rings is 1. The zero-order valence-electron chi connectivity index (χ0n) is 10.3. The summed E-state index contributed by atoms with van der Waals surface area (Å²) in [6.07, 6.45) is 2.89. The lowest BCUT2D eigenvalue weighted by atomic mass is 9.94. The Kier molecular flexibility index (Phi) is 4.78. The molecule has 0 spiro atoms. The van der Waals surface area contributed by atoms with Crippen molar-refractivity contribution in [3.8, 4) is 0 Å². The summed E-state index contributed by atoms with van der Waals surface area (Å²) in [7, 11) is 0. The predicted octanol–water partition coefficient (Wildman–Crippen LogP) is -0.498. The Bertz CT molecular complexity index is 563. The number of nitro benzene ring substituents is 1. The molecule has 19 heavy (non-hydrogen) atoms. The van der Waals surface area contributed by atoms with Crippen molar-refractivity contribution in [2.75, 3.05) is 12.0 Å². The highest BCUT2D eigenvalue weighted by Crippen LogP contribution is 2.35. The third kappa shape index (κ3) is 2.64. The van der Waals surface area contributed by atoms with Crippen molar-refractivity contribution in [3.63, 3.8) is 0 Å². The van der Waals surface area contributed by atoms with Gasteiger partial charge in [0.05, 0.1) is 10.7 Å². The van der Waals surface area contributed by atoms with Gasteiger partial charge in [-0.05, 0) is 18.0 Å². The van der Waals surface area contributed by atoms with Crippen LogP contribution in [0.4, 0.5) is 5.69 Å². The van der Waals surface area contributed by atoms with Crippen LogP contribution in [-0.2, 0) is 13.0 Å². The fraction of sp³-hybridized carbons (Fsp3) is 0.417. The molecular formula is C12H13IN2O2S2. The maximum absolute atomic E-state index is 11.1. The summed E-state index contributed by atoms with van der Waals surface area (Å²) in [5, 5.41) is 11.1. The van der Waals surface area contributed by atoms with Gasteiger partial charge in [-0.25, -0.2) is 4.58 Å². The van der Waals surface area contributed by atoms with Crippen molar-refractivity contribution in [1.82, 2.24) is 0 Å². The lowest BCUT2D eigenvalue weighted by Gasteiger charge is -2.19. The fourth-order valence-corrected chi connectivity index (χ4v) is 4.76. The van der Waals surface area contributed by atoms with Gasteiger partial charge in [0.1, 0.15) is 0 Å². The van der Waals surface area contributed by atoms with Crippen molar-refractivity contribution in [2.45, 2.75) is 19.0 Å². The molecule has 3 rings (SSSR count). The Balaban J connectivity index is 0.00000133. The number of fused-ring (bicyclic) bond motifs is 2. The van der Waals surface area contributed by atoms with E-state index in [4.69, 9.17) is 0 Å². The quantitative estimate of drug-likeness (QED) is 0.272. The molecule has 0 radical (unpaired) electrons. The maximum atomic E-state index is 11.1. The van der Waals surface area contributed by atoms with Crippen LogP contribution in [-0.4, -0.2) is 31.9 Å². The smallest absolute Gasteiger partial charge is 0.273 e. The maximum Gasteiger partial charge on any atom is 0.273 e. The first-order valence-corrected chi connectivity index (χ1v) is 7.97. The van der Waals surface area contributed by atoms with Gasteiger partial charge in [-0.15, -0.1) is 0 Å². The highest BCUT2D eigenvalue weighted by atomic mass is 127. The normalized spacial score (nSPS) is 20.6. The van der Waals surface area contributed by atoms with Gasteiger partial charge in [-0.1, -0.05) is 23.9 Å². The first kappa shape index (κ1) is 15.1. The van der Waals surface area contributed by atoms with Crippen LogP contribution >= 0.6 is 23.5 Å². The van der Waals surface area contributed by atoms with Crippen molar-refractivity contribution in [3.05, 3.63) is 39.4 Å². The van der Waals surface area contributed by atoms with E-state index in [0.29, 0.717) is 6.04 Å². The Hall–Kier alpha value is -0.280. The third-order valence-electron chi connectivity index (χ3n) is 3.47. The number of hydrogen-bond acceptors (Lipinski definition) is 4. The second-order valence-electron chi connectivity index (χ2n) is 4.44. The first-order chi connectivity index (χ1) is 8.70. The van der Waals surface area contributed by atoms with E-state index in [0.717, 1.165) is 29.8 Å². The van der Waals surface area contributed by atoms with Crippen LogP contribution in [0.25, 0.3) is 0 Å². The minimum Gasteiger partial charge on any atom is -1.00 e. The number of halogens is 1. The number of thioether (sulfide) groups is 2. The van der Waals surface area contributed by atoms with Crippen LogP contribution in [0.3, 0.4) is 0 Å². The Morgan fingerprint density at radius 1 is 1.53 bits per heavy atom. The van der Waals surface area contributed by atoms with Gasteiger partial charge >= 0.3 is 0 Å². The molecule has 1 atom stereocenters. The minimum atomic E-state index is -0.254. The topological polar surface area (TPSA) is 46.1 Å². The van der Waals surface area contributed by atoms with E-state index in [1.807, 2.05) is 17.8 Å². The number of rotatable bonds is 1. The summed E-state index contributed by atoms with van der Waals surface area (Å²) >= 11 is 3.64. The van der Waals surface area contributed by atoms with Crippen LogP contribution < -0.4 is 24.0 Å². The molecule has 0 amide bonds. The van der Waals surface area contributed by atoms with Gasteiger partial charge in [0.15, 0.2) is 12.6 Å². The summed E-state index contributed by atoms with van der Waals surface area (Å²) in [6, 6.07) is 5.85. The van der Waals surface area contributed by atoms with Crippen LogP contribution in [0, 0.1) is 10.1 Å². The standard InChI is InChI=1S/C12H13N2O2S2.HI/c1-17-12-13-6-8-3-2-4-11(14(15)16)10(8)5-9(13)7-18-12;/h2-4,9H,5-7H2,1H3;1H/q+1;/p-1/t9-;/m0./s1. The monoisotopic (exact) mass is 408 g/mol. The van der Waals surface area contributed by atoms with Crippen molar-refractivity contribution in [1.29, 1.82) is 0 Å². The second-order valence-corrected chi connectivity index (χ2v) is 6.50. The number of nitrogens with zero attached hydrogens (tertiary/aromatic N) is 2. The Morgan fingerprint density at radius 2 is 2.32 bits per heavy atom. The first-order valence-electron chi connectivity index (χ1n) is 5.76. The average molecular weight is 408 g/mol. The van der Waals surface area contributed by atoms with Gasteiger partial charge in [0, 0.05) is 23.6 Å². The summed E-state index contributed by atoms with van der Waals surface area (Å²) < 4.78 is 3.73. The molecule has 0 N–H and O–H groups in total. The highest BCUT2D eigenvalue weighted by Gasteiger charge is 2.40. The predicted molar refractivity (Wildman–Crippen MR) is 75.5 cm³/mol. The van der Waals surface area contributed by atoms with Crippen molar-refractivity contribution >= 4 is 33.6 Å². The molecule has 0 aromatic heterocycles. The Morgan fingerprint density at radius 3 is 3.00 bits per heavy atom. The summed E-state index contributed by atoms with van der Waals surface area (Å²) in [4.78, 5) is 10.8. The van der Waals surface area contributed by atoms with Crippen molar-refractivity contribution in [2.24, 2.45) is 0 Å². The fourth-order valence-electron chi connectivity index (χ4n) is 2.62. The molecule has 2 aliphatic rings. The lowest BCUT2D eigenvalue weighted by molar-refractivity contribution is -0.573. The average Bonchev–Trinajstić information content (AvgIpc) is 2.77. The molecule has 0 aliphatic carbocycles. The SMILES string of the molecule is CSC1=[N+]2Cc3cccc([N+](=O)[O-])c3C[C@H]2CS1.[I-]. The molecule has 7 heteroatoms. The number of nitro groups is 1. The summed E-state index contributed by atoms with van der Waals surface area (Å²) in [5.41, 5.74) is 2.33. The van der Waals surface area contributed by atoms with Crippen LogP contribution in [0.2, 0.25) is 0 Å². The van der Waals surface area contributed by atoms with Crippen LogP contribution in [0.15, 0.2) is 18.2 Å². The van der Waals surface area contributed by atoms with E-state index in [2.05, 4.69) is 10.8 Å². The van der Waals surface area contributed by atoms with Gasteiger partial charge < -0.3 is 24.0 Å². The second kappa shape index (κ2) is 6.01. The molecule has 0 saturated carbocycles. The molecular weight excluding hydrogens is 395 g/mol. The Labute approximate surface area is 137 Å². The van der Waals surface area contributed by atoms with Gasteiger partial charge in [0.25, 0.3) is 10.1 Å². The largest absolute Gasteiger partial charge is 1.00 e. The molecule has 1 aromatic carbocycles. The van der Waals surface area contributed by atoms with E-state index >= 15 is 0 Å². The molecule has 0 unspecified atom stereocenters. The van der Waals surface area contributed by atoms with Gasteiger partial charge in [-0.3, -0.25) is 10.1 Å². The van der Waals surface area contributed by atoms with Crippen LogP contribution in [0.1, 0.15) is 11.1 Å². The zero-order valence-corrected chi connectivity index (χ0v) is 14.1. The molecule has 0 saturated heterocycles. The van der Waals surface area contributed by atoms with E-state index in [1.165, 1.54) is 4.38 Å². The van der Waals surface area contributed by atoms with E-state index in [1.54, 1.807) is 23.9 Å². The van der Waals surface area contributed by atoms with Crippen molar-refractivity contribution < 1.29 is 33.5 Å². The third-order valence-corrected chi connectivity index (χ3v) is 5.94. The van der Waals surface area contributed by atoms with Gasteiger partial charge in [-0.2, -0.15) is 0 Å². The molecule has 4 nitrogen and oxygen atoms in total. The molecule has 0 bridgehead atoms. The molecule has 2 heterocycles. The van der Waals surface area contributed by atoms with Gasteiger partial charge in [0.2, 0.25) is 0 Å². The summed E-state index contributed by atoms with van der Waals surface area (Å²) in [6.45, 7) is 0.810. The van der Waals surface area contributed by atoms with E-state index < -0.39 is 0 Å². The zero-order chi connectivity index (χ0) is 12.7. The van der Waals surface area contributed by atoms with E-state index in [9.17, 15) is 10.1 Å². The molecule has 1 aromatic rings. The number of hydrogen-bond donors (Lipinski definition) is 0.